The number of carbonyl (C=O) groups excluding carboxylic acids is 1. The van der Waals surface area contributed by atoms with Gasteiger partial charge in [0.05, 0.1) is 57.0 Å². The smallest absolute Gasteiger partial charge is 0.247 e. The molecule has 3 heterocycles. The number of rotatable bonds is 7. The Morgan fingerprint density at radius 1 is 0.943 bits per heavy atom. The summed E-state index contributed by atoms with van der Waals surface area (Å²) in [6, 6.07) is 11.8. The van der Waals surface area contributed by atoms with E-state index in [0.29, 0.717) is 18.0 Å². The second-order valence-electron chi connectivity index (χ2n) is 9.12. The number of ether oxygens (including phenoxy) is 3. The van der Waals surface area contributed by atoms with E-state index in [4.69, 9.17) is 24.3 Å². The highest BCUT2D eigenvalue weighted by Crippen LogP contribution is 2.37. The van der Waals surface area contributed by atoms with Gasteiger partial charge >= 0.3 is 0 Å². The van der Waals surface area contributed by atoms with E-state index in [1.165, 1.54) is 0 Å². The molecule has 0 radical (unpaired) electrons. The van der Waals surface area contributed by atoms with Crippen LogP contribution < -0.4 is 9.47 Å². The third-order valence-corrected chi connectivity index (χ3v) is 6.93. The summed E-state index contributed by atoms with van der Waals surface area (Å²) in [7, 11) is 3.25. The molecule has 184 valence electrons. The Labute approximate surface area is 206 Å². The van der Waals surface area contributed by atoms with Gasteiger partial charge in [-0.25, -0.2) is 5.01 Å². The van der Waals surface area contributed by atoms with Gasteiger partial charge in [0.2, 0.25) is 5.91 Å². The maximum Gasteiger partial charge on any atom is 0.247 e. The zero-order chi connectivity index (χ0) is 24.2. The van der Waals surface area contributed by atoms with E-state index in [1.807, 2.05) is 36.4 Å². The molecule has 3 aliphatic rings. The molecule has 1 saturated heterocycles. The average Bonchev–Trinajstić information content (AvgIpc) is 2.91. The van der Waals surface area contributed by atoms with E-state index in [2.05, 4.69) is 17.1 Å². The number of methoxy groups -OCH3 is 2. The van der Waals surface area contributed by atoms with Crippen molar-refractivity contribution < 1.29 is 19.0 Å². The summed E-state index contributed by atoms with van der Waals surface area (Å²) in [5, 5.41) is 6.50. The van der Waals surface area contributed by atoms with E-state index < -0.39 is 0 Å². The lowest BCUT2D eigenvalue weighted by Gasteiger charge is -2.37. The molecule has 0 unspecified atom stereocenters. The van der Waals surface area contributed by atoms with Crippen LogP contribution >= 0.6 is 0 Å². The molecule has 0 saturated carbocycles. The predicted octanol–water partition coefficient (Wildman–Crippen LogP) is 3.26. The van der Waals surface area contributed by atoms with E-state index in [0.717, 1.165) is 68.4 Å². The van der Waals surface area contributed by atoms with Gasteiger partial charge in [0, 0.05) is 31.1 Å². The third-order valence-electron chi connectivity index (χ3n) is 6.93. The second kappa shape index (κ2) is 10.6. The molecule has 5 rings (SSSR count). The molecule has 35 heavy (non-hydrogen) atoms. The summed E-state index contributed by atoms with van der Waals surface area (Å²) in [5.41, 5.74) is 3.68. The van der Waals surface area contributed by atoms with Crippen molar-refractivity contribution in [3.8, 4) is 11.5 Å². The van der Waals surface area contributed by atoms with Crippen molar-refractivity contribution >= 4 is 11.6 Å². The van der Waals surface area contributed by atoms with E-state index in [9.17, 15) is 4.79 Å². The maximum absolute atomic E-state index is 13.5. The molecule has 0 bridgehead atoms. The molecule has 1 aromatic heterocycles. The highest BCUT2D eigenvalue weighted by molar-refractivity contribution is 6.07. The number of pyridine rings is 1. The highest BCUT2D eigenvalue weighted by atomic mass is 16.5. The second-order valence-corrected chi connectivity index (χ2v) is 9.12. The largest absolute Gasteiger partial charge is 0.493 e. The quantitative estimate of drug-likeness (QED) is 0.571. The zero-order valence-corrected chi connectivity index (χ0v) is 20.4. The fraction of sp³-hybridized carbons (Fsp3) is 0.444. The minimum Gasteiger partial charge on any atom is -0.493 e. The Hall–Kier alpha value is -3.23. The van der Waals surface area contributed by atoms with Crippen LogP contribution in [0.1, 0.15) is 29.8 Å². The molecule has 1 aromatic carbocycles. The lowest BCUT2D eigenvalue weighted by atomic mass is 9.76. The molecular formula is C27H32N4O4. The lowest BCUT2D eigenvalue weighted by Crippen LogP contribution is -2.45. The van der Waals surface area contributed by atoms with E-state index in [1.54, 1.807) is 19.2 Å². The van der Waals surface area contributed by atoms with Crippen LogP contribution in [0.25, 0.3) is 0 Å². The van der Waals surface area contributed by atoms with Crippen molar-refractivity contribution in [2.24, 2.45) is 16.9 Å². The maximum atomic E-state index is 13.5. The lowest BCUT2D eigenvalue weighted by molar-refractivity contribution is -0.138. The number of benzene rings is 1. The first-order valence-corrected chi connectivity index (χ1v) is 12.2. The molecule has 1 aliphatic carbocycles. The number of carbonyl (C=O) groups is 1. The highest BCUT2D eigenvalue weighted by Gasteiger charge is 2.40. The van der Waals surface area contributed by atoms with Gasteiger partial charge in [-0.15, -0.1) is 0 Å². The predicted molar refractivity (Wildman–Crippen MR) is 132 cm³/mol. The first-order chi connectivity index (χ1) is 17.2. The van der Waals surface area contributed by atoms with E-state index in [-0.39, 0.29) is 17.7 Å². The summed E-state index contributed by atoms with van der Waals surface area (Å²) in [6.45, 7) is 4.46. The Balaban J connectivity index is 1.42. The monoisotopic (exact) mass is 476 g/mol. The van der Waals surface area contributed by atoms with Gasteiger partial charge in [-0.1, -0.05) is 18.2 Å². The van der Waals surface area contributed by atoms with Crippen LogP contribution in [0.4, 0.5) is 0 Å². The zero-order valence-electron chi connectivity index (χ0n) is 20.4. The summed E-state index contributed by atoms with van der Waals surface area (Å²) in [4.78, 5) is 20.6. The number of aromatic nitrogens is 1. The Morgan fingerprint density at radius 3 is 2.40 bits per heavy atom. The molecule has 8 nitrogen and oxygen atoms in total. The van der Waals surface area contributed by atoms with Crippen molar-refractivity contribution in [1.82, 2.24) is 14.9 Å². The third kappa shape index (κ3) is 5.09. The van der Waals surface area contributed by atoms with Gasteiger partial charge in [-0.2, -0.15) is 5.10 Å². The molecule has 0 N–H and O–H groups in total. The van der Waals surface area contributed by atoms with Crippen LogP contribution in [-0.4, -0.2) is 67.0 Å². The van der Waals surface area contributed by atoms with Crippen LogP contribution in [0, 0.1) is 11.8 Å². The standard InChI is InChI=1S/C27H32N4O4/c1-33-24-11-10-19(16-25(24)34-2)26-22-8-3-4-9-23(22)27(32)31(29-26)18-21-7-5-6-20(28-21)17-30-12-14-35-15-13-30/h3-7,10-11,16,22-23H,8-9,12-15,17-18H2,1-2H3/t22-,23+/m1/s1. The van der Waals surface area contributed by atoms with Crippen LogP contribution in [0.5, 0.6) is 11.5 Å². The first kappa shape index (κ1) is 23.5. The Morgan fingerprint density at radius 2 is 1.66 bits per heavy atom. The molecular weight excluding hydrogens is 444 g/mol. The van der Waals surface area contributed by atoms with Crippen molar-refractivity contribution in [1.29, 1.82) is 0 Å². The van der Waals surface area contributed by atoms with Crippen LogP contribution in [-0.2, 0) is 22.6 Å². The summed E-state index contributed by atoms with van der Waals surface area (Å²) >= 11 is 0. The van der Waals surface area contributed by atoms with Gasteiger partial charge in [0.1, 0.15) is 0 Å². The van der Waals surface area contributed by atoms with Crippen molar-refractivity contribution in [3.63, 3.8) is 0 Å². The molecule has 2 aromatic rings. The summed E-state index contributed by atoms with van der Waals surface area (Å²) in [5.74, 6) is 1.29. The molecule has 8 heteroatoms. The van der Waals surface area contributed by atoms with Crippen LogP contribution in [0.15, 0.2) is 53.7 Å². The van der Waals surface area contributed by atoms with Crippen molar-refractivity contribution in [2.45, 2.75) is 25.9 Å². The number of hydrogen-bond donors (Lipinski definition) is 0. The normalized spacial score (nSPS) is 22.5. The number of hydrogen-bond acceptors (Lipinski definition) is 7. The average molecular weight is 477 g/mol. The Bertz CT molecular complexity index is 1130. The van der Waals surface area contributed by atoms with Crippen molar-refractivity contribution in [3.05, 3.63) is 65.5 Å². The first-order valence-electron chi connectivity index (χ1n) is 12.2. The van der Waals surface area contributed by atoms with Gasteiger partial charge < -0.3 is 14.2 Å². The number of hydrazone groups is 1. The van der Waals surface area contributed by atoms with Crippen LogP contribution in [0.3, 0.4) is 0 Å². The van der Waals surface area contributed by atoms with Crippen molar-refractivity contribution in [2.75, 3.05) is 40.5 Å². The fourth-order valence-corrected chi connectivity index (χ4v) is 5.06. The Kier molecular flexibility index (Phi) is 7.11. The molecule has 0 spiro atoms. The summed E-state index contributed by atoms with van der Waals surface area (Å²) < 4.78 is 16.4. The molecule has 1 fully saturated rings. The SMILES string of the molecule is COc1ccc(C2=NN(Cc3cccc(CN4CCOCC4)n3)C(=O)[C@H]3CC=CC[C@@H]23)cc1OC. The van der Waals surface area contributed by atoms with E-state index >= 15 is 0 Å². The molecule has 2 aliphatic heterocycles. The number of morpholine rings is 1. The molecule has 1 amide bonds. The molecule has 2 atom stereocenters. The minimum absolute atomic E-state index is 0.0439. The van der Waals surface area contributed by atoms with Gasteiger partial charge in [0.25, 0.3) is 0 Å². The van der Waals surface area contributed by atoms with Gasteiger partial charge in [0.15, 0.2) is 11.5 Å². The van der Waals surface area contributed by atoms with Gasteiger partial charge in [-0.3, -0.25) is 14.7 Å². The number of nitrogens with zero attached hydrogens (tertiary/aromatic N) is 4. The topological polar surface area (TPSA) is 76.5 Å². The van der Waals surface area contributed by atoms with Crippen LogP contribution in [0.2, 0.25) is 0 Å². The fourth-order valence-electron chi connectivity index (χ4n) is 5.06. The number of fused-ring (bicyclic) bond motifs is 1. The minimum atomic E-state index is -0.128. The number of allylic oxidation sites excluding steroid dienone is 2. The van der Waals surface area contributed by atoms with Gasteiger partial charge in [-0.05, 0) is 43.2 Å². The number of amides is 1. The summed E-state index contributed by atoms with van der Waals surface area (Å²) in [6.07, 6.45) is 5.77.